The Bertz CT molecular complexity index is 848. The van der Waals surface area contributed by atoms with Crippen LogP contribution in [0.2, 0.25) is 0 Å². The third-order valence-electron chi connectivity index (χ3n) is 4.15. The maximum absolute atomic E-state index is 12.6. The lowest BCUT2D eigenvalue weighted by molar-refractivity contribution is 0.0714. The van der Waals surface area contributed by atoms with Crippen molar-refractivity contribution in [1.82, 2.24) is 30.2 Å². The number of carbonyl (C=O) groups is 1. The lowest BCUT2D eigenvalue weighted by Gasteiger charge is -2.33. The summed E-state index contributed by atoms with van der Waals surface area (Å²) in [5.74, 6) is 0.778. The molecule has 8 heteroatoms. The minimum absolute atomic E-state index is 0.0750. The predicted molar refractivity (Wildman–Crippen MR) is 87.6 cm³/mol. The van der Waals surface area contributed by atoms with Gasteiger partial charge in [0.1, 0.15) is 5.82 Å². The molecule has 0 saturated carbocycles. The summed E-state index contributed by atoms with van der Waals surface area (Å²) in [6.07, 6.45) is 1.96. The van der Waals surface area contributed by atoms with Crippen LogP contribution >= 0.6 is 0 Å². The normalized spacial score (nSPS) is 17.8. The van der Waals surface area contributed by atoms with Crippen LogP contribution in [-0.4, -0.2) is 55.2 Å². The maximum atomic E-state index is 12.6. The Morgan fingerprint density at radius 3 is 2.92 bits per heavy atom. The Morgan fingerprint density at radius 2 is 2.04 bits per heavy atom. The van der Waals surface area contributed by atoms with Crippen LogP contribution in [0, 0.1) is 0 Å². The van der Waals surface area contributed by atoms with Crippen molar-refractivity contribution in [2.24, 2.45) is 0 Å². The summed E-state index contributed by atoms with van der Waals surface area (Å²) in [4.78, 5) is 14.5. The summed E-state index contributed by atoms with van der Waals surface area (Å²) >= 11 is 0. The second-order valence-electron chi connectivity index (χ2n) is 5.85. The molecule has 1 N–H and O–H groups in total. The molecule has 122 valence electrons. The Morgan fingerprint density at radius 1 is 1.17 bits per heavy atom. The minimum Gasteiger partial charge on any atom is -0.364 e. The van der Waals surface area contributed by atoms with Gasteiger partial charge in [0.25, 0.3) is 5.91 Å². The number of anilines is 1. The minimum atomic E-state index is 0.0750. The van der Waals surface area contributed by atoms with E-state index in [1.807, 2.05) is 47.4 Å². The first-order valence-corrected chi connectivity index (χ1v) is 7.96. The van der Waals surface area contributed by atoms with Gasteiger partial charge in [0.05, 0.1) is 0 Å². The molecule has 24 heavy (non-hydrogen) atoms. The Balaban J connectivity index is 1.45. The molecule has 1 aliphatic rings. The van der Waals surface area contributed by atoms with Crippen molar-refractivity contribution in [3.63, 3.8) is 0 Å². The lowest BCUT2D eigenvalue weighted by Crippen LogP contribution is -2.45. The van der Waals surface area contributed by atoms with Gasteiger partial charge in [-0.3, -0.25) is 4.79 Å². The van der Waals surface area contributed by atoms with E-state index in [2.05, 4.69) is 25.9 Å². The third-order valence-corrected chi connectivity index (χ3v) is 4.15. The average molecular weight is 323 g/mol. The van der Waals surface area contributed by atoms with Gasteiger partial charge in [-0.05, 0) is 47.5 Å². The van der Waals surface area contributed by atoms with Crippen molar-refractivity contribution in [3.8, 4) is 0 Å². The highest BCUT2D eigenvalue weighted by Gasteiger charge is 2.24. The molecule has 1 unspecified atom stereocenters. The smallest absolute Gasteiger partial charge is 0.253 e. The molecule has 3 heterocycles. The van der Waals surface area contributed by atoms with E-state index in [9.17, 15) is 4.79 Å². The zero-order valence-corrected chi connectivity index (χ0v) is 13.0. The van der Waals surface area contributed by atoms with Crippen LogP contribution in [-0.2, 0) is 0 Å². The molecule has 0 aliphatic carbocycles. The van der Waals surface area contributed by atoms with E-state index in [-0.39, 0.29) is 11.9 Å². The number of rotatable bonds is 3. The van der Waals surface area contributed by atoms with Gasteiger partial charge in [-0.2, -0.15) is 0 Å². The number of likely N-dealkylation sites (tertiary alicyclic amines) is 1. The van der Waals surface area contributed by atoms with E-state index in [4.69, 9.17) is 0 Å². The number of nitrogens with one attached hydrogen (secondary N) is 1. The van der Waals surface area contributed by atoms with E-state index in [0.29, 0.717) is 18.0 Å². The molecule has 1 aromatic carbocycles. The second kappa shape index (κ2) is 6.23. The van der Waals surface area contributed by atoms with E-state index in [0.717, 1.165) is 24.9 Å². The average Bonchev–Trinajstić information content (AvgIpc) is 3.10. The molecule has 0 bridgehead atoms. The maximum Gasteiger partial charge on any atom is 0.253 e. The highest BCUT2D eigenvalue weighted by Crippen LogP contribution is 2.17. The number of nitrogens with zero attached hydrogens (tertiary/aromatic N) is 6. The summed E-state index contributed by atoms with van der Waals surface area (Å²) in [5.41, 5.74) is 1.33. The van der Waals surface area contributed by atoms with Crippen LogP contribution in [0.4, 0.5) is 5.82 Å². The summed E-state index contributed by atoms with van der Waals surface area (Å²) in [5, 5.41) is 18.9. The molecule has 1 fully saturated rings. The van der Waals surface area contributed by atoms with Crippen molar-refractivity contribution in [1.29, 1.82) is 0 Å². The molecular weight excluding hydrogens is 306 g/mol. The number of piperidine rings is 1. The van der Waals surface area contributed by atoms with Crippen LogP contribution in [0.15, 0.2) is 42.5 Å². The van der Waals surface area contributed by atoms with Gasteiger partial charge in [0.15, 0.2) is 5.65 Å². The zero-order chi connectivity index (χ0) is 16.4. The first-order valence-electron chi connectivity index (χ1n) is 7.96. The second-order valence-corrected chi connectivity index (χ2v) is 5.85. The number of amides is 1. The van der Waals surface area contributed by atoms with Gasteiger partial charge in [-0.25, -0.2) is 0 Å². The number of benzene rings is 1. The van der Waals surface area contributed by atoms with Gasteiger partial charge < -0.3 is 10.2 Å². The summed E-state index contributed by atoms with van der Waals surface area (Å²) in [6, 6.07) is 13.2. The molecule has 0 spiro atoms. The summed E-state index contributed by atoms with van der Waals surface area (Å²) in [7, 11) is 0. The molecule has 1 aliphatic heterocycles. The van der Waals surface area contributed by atoms with E-state index >= 15 is 0 Å². The SMILES string of the molecule is O=C(c1ccccc1)N1CCCC(Nc2ccc3nnnn3n2)C1. The Kier molecular flexibility index (Phi) is 3.78. The fourth-order valence-corrected chi connectivity index (χ4v) is 2.98. The number of fused-ring (bicyclic) bond motifs is 1. The number of hydrogen-bond acceptors (Lipinski definition) is 6. The van der Waals surface area contributed by atoms with Gasteiger partial charge in [-0.1, -0.05) is 18.2 Å². The third kappa shape index (κ3) is 2.90. The first kappa shape index (κ1) is 14.6. The Labute approximate surface area is 138 Å². The number of hydrogen-bond donors (Lipinski definition) is 1. The molecule has 3 aromatic rings. The van der Waals surface area contributed by atoms with E-state index in [1.165, 1.54) is 4.63 Å². The van der Waals surface area contributed by atoms with Crippen LogP contribution in [0.25, 0.3) is 5.65 Å². The predicted octanol–water partition coefficient (Wildman–Crippen LogP) is 1.24. The van der Waals surface area contributed by atoms with Crippen molar-refractivity contribution < 1.29 is 4.79 Å². The fraction of sp³-hybridized carbons (Fsp3) is 0.312. The number of aromatic nitrogens is 5. The molecule has 1 amide bonds. The molecule has 0 radical (unpaired) electrons. The van der Waals surface area contributed by atoms with Gasteiger partial charge in [0.2, 0.25) is 0 Å². The fourth-order valence-electron chi connectivity index (χ4n) is 2.98. The van der Waals surface area contributed by atoms with E-state index < -0.39 is 0 Å². The van der Waals surface area contributed by atoms with Crippen LogP contribution < -0.4 is 5.32 Å². The largest absolute Gasteiger partial charge is 0.364 e. The molecule has 8 nitrogen and oxygen atoms in total. The van der Waals surface area contributed by atoms with Crippen molar-refractivity contribution in [2.75, 3.05) is 18.4 Å². The monoisotopic (exact) mass is 323 g/mol. The molecular formula is C16H17N7O. The number of carbonyl (C=O) groups excluding carboxylic acids is 1. The first-order chi connectivity index (χ1) is 11.8. The van der Waals surface area contributed by atoms with Gasteiger partial charge in [0, 0.05) is 24.7 Å². The number of tetrazole rings is 1. The van der Waals surface area contributed by atoms with Crippen molar-refractivity contribution in [3.05, 3.63) is 48.0 Å². The lowest BCUT2D eigenvalue weighted by atomic mass is 10.0. The molecule has 2 aromatic heterocycles. The Hall–Kier alpha value is -3.03. The van der Waals surface area contributed by atoms with Crippen LogP contribution in [0.3, 0.4) is 0 Å². The van der Waals surface area contributed by atoms with Gasteiger partial charge in [-0.15, -0.1) is 14.8 Å². The highest BCUT2D eigenvalue weighted by atomic mass is 16.2. The summed E-state index contributed by atoms with van der Waals surface area (Å²) < 4.78 is 1.39. The topological polar surface area (TPSA) is 88.3 Å². The van der Waals surface area contributed by atoms with Gasteiger partial charge >= 0.3 is 0 Å². The van der Waals surface area contributed by atoms with Crippen molar-refractivity contribution >= 4 is 17.4 Å². The van der Waals surface area contributed by atoms with Crippen LogP contribution in [0.5, 0.6) is 0 Å². The zero-order valence-electron chi connectivity index (χ0n) is 13.0. The summed E-state index contributed by atoms with van der Waals surface area (Å²) in [6.45, 7) is 1.44. The standard InChI is InChI=1S/C16H17N7O/c24-16(12-5-2-1-3-6-12)22-10-4-7-13(11-22)17-14-8-9-15-18-20-21-23(15)19-14/h1-3,5-6,8-9,13H,4,7,10-11H2,(H,17,19). The molecule has 4 rings (SSSR count). The molecule has 1 atom stereocenters. The van der Waals surface area contributed by atoms with Crippen molar-refractivity contribution in [2.45, 2.75) is 18.9 Å². The molecule has 1 saturated heterocycles. The quantitative estimate of drug-likeness (QED) is 0.780. The highest BCUT2D eigenvalue weighted by molar-refractivity contribution is 5.94. The van der Waals surface area contributed by atoms with E-state index in [1.54, 1.807) is 0 Å². The van der Waals surface area contributed by atoms with Crippen LogP contribution in [0.1, 0.15) is 23.2 Å².